The molecule has 1 N–H and O–H groups in total. The van der Waals surface area contributed by atoms with E-state index in [-0.39, 0.29) is 5.56 Å². The highest BCUT2D eigenvalue weighted by atomic mass is 32.2. The van der Waals surface area contributed by atoms with Gasteiger partial charge in [0.2, 0.25) is 5.82 Å². The van der Waals surface area contributed by atoms with Gasteiger partial charge in [0, 0.05) is 6.07 Å². The fraction of sp³-hybridized carbons (Fsp3) is 0.143. The van der Waals surface area contributed by atoms with Crippen LogP contribution in [0.5, 0.6) is 0 Å². The molecule has 0 atom stereocenters. The number of halogens is 1. The standard InChI is InChI=1S/C7H6FNO5S/c8-6-2-1-5(4-15(12,13)14)3-7(6)9(10)11/h1-3H,4H2,(H,12,13,14). The van der Waals surface area contributed by atoms with E-state index in [1.54, 1.807) is 0 Å². The highest BCUT2D eigenvalue weighted by molar-refractivity contribution is 7.85. The number of nitrogens with zero attached hydrogens (tertiary/aromatic N) is 1. The van der Waals surface area contributed by atoms with Gasteiger partial charge in [-0.25, -0.2) is 0 Å². The lowest BCUT2D eigenvalue weighted by Crippen LogP contribution is -2.02. The van der Waals surface area contributed by atoms with E-state index in [0.717, 1.165) is 18.2 Å². The first kappa shape index (κ1) is 11.5. The number of hydrogen-bond acceptors (Lipinski definition) is 4. The van der Waals surface area contributed by atoms with E-state index >= 15 is 0 Å². The summed E-state index contributed by atoms with van der Waals surface area (Å²) in [5.41, 5.74) is -0.873. The van der Waals surface area contributed by atoms with E-state index in [9.17, 15) is 22.9 Å². The van der Waals surface area contributed by atoms with Crippen molar-refractivity contribution in [2.24, 2.45) is 0 Å². The van der Waals surface area contributed by atoms with Crippen LogP contribution >= 0.6 is 0 Å². The van der Waals surface area contributed by atoms with E-state index < -0.39 is 32.3 Å². The minimum Gasteiger partial charge on any atom is -0.285 e. The summed E-state index contributed by atoms with van der Waals surface area (Å²) in [5.74, 6) is -1.84. The van der Waals surface area contributed by atoms with Crippen LogP contribution in [0.4, 0.5) is 10.1 Å². The molecular weight excluding hydrogens is 229 g/mol. The van der Waals surface area contributed by atoms with E-state index in [2.05, 4.69) is 0 Å². The predicted octanol–water partition coefficient (Wildman–Crippen LogP) is 1.12. The molecule has 0 amide bonds. The third-order valence-electron chi connectivity index (χ3n) is 1.56. The topological polar surface area (TPSA) is 97.5 Å². The maximum Gasteiger partial charge on any atom is 0.305 e. The number of hydrogen-bond donors (Lipinski definition) is 1. The van der Waals surface area contributed by atoms with Crippen molar-refractivity contribution in [2.75, 3.05) is 0 Å². The van der Waals surface area contributed by atoms with Crippen LogP contribution < -0.4 is 0 Å². The quantitative estimate of drug-likeness (QED) is 0.481. The van der Waals surface area contributed by atoms with Gasteiger partial charge in [0.05, 0.1) is 4.92 Å². The lowest BCUT2D eigenvalue weighted by atomic mass is 10.2. The number of rotatable bonds is 3. The first-order valence-electron chi connectivity index (χ1n) is 3.67. The van der Waals surface area contributed by atoms with Gasteiger partial charge in [0.15, 0.2) is 0 Å². The molecule has 0 radical (unpaired) electrons. The summed E-state index contributed by atoms with van der Waals surface area (Å²) < 4.78 is 42.2. The minimum absolute atomic E-state index is 0.0504. The molecule has 0 aliphatic rings. The molecule has 0 bridgehead atoms. The Bertz CT molecular complexity index is 498. The third-order valence-corrected chi connectivity index (χ3v) is 2.25. The van der Waals surface area contributed by atoms with Gasteiger partial charge >= 0.3 is 5.69 Å². The Morgan fingerprint density at radius 2 is 2.07 bits per heavy atom. The monoisotopic (exact) mass is 235 g/mol. The molecule has 0 unspecified atom stereocenters. The molecule has 1 aromatic carbocycles. The van der Waals surface area contributed by atoms with Gasteiger partial charge in [-0.2, -0.15) is 12.8 Å². The molecule has 0 aromatic heterocycles. The molecule has 0 spiro atoms. The van der Waals surface area contributed by atoms with Crippen LogP contribution in [0.2, 0.25) is 0 Å². The second-order valence-corrected chi connectivity index (χ2v) is 4.22. The molecular formula is C7H6FNO5S. The van der Waals surface area contributed by atoms with Crippen molar-refractivity contribution in [1.29, 1.82) is 0 Å². The van der Waals surface area contributed by atoms with Crippen molar-refractivity contribution in [3.8, 4) is 0 Å². The highest BCUT2D eigenvalue weighted by Crippen LogP contribution is 2.19. The Balaban J connectivity index is 3.14. The van der Waals surface area contributed by atoms with Crippen molar-refractivity contribution >= 4 is 15.8 Å². The average Bonchev–Trinajstić information content (AvgIpc) is 2.05. The summed E-state index contributed by atoms with van der Waals surface area (Å²) in [6.07, 6.45) is 0. The Labute approximate surface area is 84.2 Å². The number of benzene rings is 1. The molecule has 8 heteroatoms. The van der Waals surface area contributed by atoms with E-state index in [4.69, 9.17) is 4.55 Å². The molecule has 0 saturated carbocycles. The lowest BCUT2D eigenvalue weighted by molar-refractivity contribution is -0.387. The molecule has 0 saturated heterocycles. The zero-order valence-electron chi connectivity index (χ0n) is 7.25. The molecule has 6 nitrogen and oxygen atoms in total. The van der Waals surface area contributed by atoms with Crippen molar-refractivity contribution in [1.82, 2.24) is 0 Å². The van der Waals surface area contributed by atoms with Crippen LogP contribution in [0.15, 0.2) is 18.2 Å². The van der Waals surface area contributed by atoms with Crippen LogP contribution in [-0.4, -0.2) is 17.9 Å². The highest BCUT2D eigenvalue weighted by Gasteiger charge is 2.16. The van der Waals surface area contributed by atoms with Gasteiger partial charge < -0.3 is 0 Å². The van der Waals surface area contributed by atoms with Crippen molar-refractivity contribution in [2.45, 2.75) is 5.75 Å². The second kappa shape index (κ2) is 3.91. The van der Waals surface area contributed by atoms with Gasteiger partial charge in [-0.1, -0.05) is 6.07 Å². The molecule has 0 aliphatic carbocycles. The molecule has 0 fully saturated rings. The fourth-order valence-corrected chi connectivity index (χ4v) is 1.60. The Morgan fingerprint density at radius 1 is 1.47 bits per heavy atom. The zero-order chi connectivity index (χ0) is 11.6. The molecule has 1 aromatic rings. The normalized spacial score (nSPS) is 11.3. The Kier molecular flexibility index (Phi) is 3.01. The van der Waals surface area contributed by atoms with Crippen molar-refractivity contribution in [3.05, 3.63) is 39.7 Å². The molecule has 1 rings (SSSR count). The average molecular weight is 235 g/mol. The van der Waals surface area contributed by atoms with Gasteiger partial charge in [0.1, 0.15) is 5.75 Å². The Morgan fingerprint density at radius 3 is 2.53 bits per heavy atom. The summed E-state index contributed by atoms with van der Waals surface area (Å²) in [5, 5.41) is 10.3. The first-order chi connectivity index (χ1) is 6.79. The van der Waals surface area contributed by atoms with Gasteiger partial charge in [-0.3, -0.25) is 14.7 Å². The molecule has 82 valence electrons. The van der Waals surface area contributed by atoms with Crippen LogP contribution in [-0.2, 0) is 15.9 Å². The van der Waals surface area contributed by atoms with Crippen LogP contribution in [0, 0.1) is 15.9 Å². The maximum absolute atomic E-state index is 12.8. The molecule has 0 heterocycles. The van der Waals surface area contributed by atoms with Crippen molar-refractivity contribution < 1.29 is 22.3 Å². The summed E-state index contributed by atoms with van der Waals surface area (Å²) >= 11 is 0. The Hall–Kier alpha value is -1.54. The molecule has 0 aliphatic heterocycles. The minimum atomic E-state index is -4.28. The van der Waals surface area contributed by atoms with Crippen LogP contribution in [0.3, 0.4) is 0 Å². The summed E-state index contributed by atoms with van der Waals surface area (Å²) in [4.78, 5) is 9.32. The number of nitro benzene ring substituents is 1. The van der Waals surface area contributed by atoms with E-state index in [0.29, 0.717) is 0 Å². The van der Waals surface area contributed by atoms with Crippen LogP contribution in [0.25, 0.3) is 0 Å². The van der Waals surface area contributed by atoms with E-state index in [1.165, 1.54) is 0 Å². The zero-order valence-corrected chi connectivity index (χ0v) is 8.07. The van der Waals surface area contributed by atoms with Crippen molar-refractivity contribution in [3.63, 3.8) is 0 Å². The van der Waals surface area contributed by atoms with E-state index in [1.807, 2.05) is 0 Å². The molecule has 15 heavy (non-hydrogen) atoms. The second-order valence-electron chi connectivity index (χ2n) is 2.77. The third kappa shape index (κ3) is 3.26. The van der Waals surface area contributed by atoms with Gasteiger partial charge in [-0.05, 0) is 11.6 Å². The largest absolute Gasteiger partial charge is 0.305 e. The summed E-state index contributed by atoms with van der Waals surface area (Å²) in [7, 11) is -4.28. The maximum atomic E-state index is 12.8. The first-order valence-corrected chi connectivity index (χ1v) is 5.28. The van der Waals surface area contributed by atoms with Crippen LogP contribution in [0.1, 0.15) is 5.56 Å². The fourth-order valence-electron chi connectivity index (χ4n) is 0.999. The summed E-state index contributed by atoms with van der Waals surface area (Å²) in [6, 6.07) is 2.60. The number of nitro groups is 1. The summed E-state index contributed by atoms with van der Waals surface area (Å²) in [6.45, 7) is 0. The van der Waals surface area contributed by atoms with Gasteiger partial charge in [-0.15, -0.1) is 0 Å². The SMILES string of the molecule is O=[N+]([O-])c1cc(CS(=O)(=O)O)ccc1F. The van der Waals surface area contributed by atoms with Gasteiger partial charge in [0.25, 0.3) is 10.1 Å². The smallest absolute Gasteiger partial charge is 0.285 e. The predicted molar refractivity (Wildman–Crippen MR) is 48.3 cm³/mol. The lowest BCUT2D eigenvalue weighted by Gasteiger charge is -1.99.